The zero-order valence-electron chi connectivity index (χ0n) is 16.2. The second-order valence-electron chi connectivity index (χ2n) is 6.13. The number of amides is 2. The number of hydrogen-bond donors (Lipinski definition) is 1. The van der Waals surface area contributed by atoms with Gasteiger partial charge in [0.1, 0.15) is 5.57 Å². The minimum atomic E-state index is -0.578. The molecule has 1 N–H and O–H groups in total. The summed E-state index contributed by atoms with van der Waals surface area (Å²) in [4.78, 5) is 26.9. The molecule has 30 heavy (non-hydrogen) atoms. The maximum Gasteiger partial charge on any atom is 0.270 e. The molecule has 2 aromatic carbocycles. The Morgan fingerprint density at radius 2 is 1.90 bits per heavy atom. The zero-order chi connectivity index (χ0) is 21.8. The molecule has 0 saturated carbocycles. The Kier molecular flexibility index (Phi) is 7.12. The fourth-order valence-electron chi connectivity index (χ4n) is 2.89. The number of rotatable bonds is 6. The van der Waals surface area contributed by atoms with Crippen LogP contribution in [0.15, 0.2) is 46.4 Å². The van der Waals surface area contributed by atoms with Gasteiger partial charge in [0.25, 0.3) is 11.8 Å². The summed E-state index contributed by atoms with van der Waals surface area (Å²) in [5.74, 6) is -0.0608. The zero-order valence-corrected chi connectivity index (χ0v) is 19.4. The quantitative estimate of drug-likeness (QED) is 0.346. The van der Waals surface area contributed by atoms with Gasteiger partial charge in [-0.25, -0.2) is 0 Å². The number of anilines is 1. The van der Waals surface area contributed by atoms with E-state index < -0.39 is 11.8 Å². The highest BCUT2D eigenvalue weighted by atomic mass is 79.9. The SMILES string of the molecule is CCOc1cc(/C=C2\C(=O)NC(=S)N(c3cccc(Cl)c3)C2=O)cc(Br)c1OCC. The predicted octanol–water partition coefficient (Wildman–Crippen LogP) is 4.73. The number of nitrogens with one attached hydrogen (secondary N) is 1. The summed E-state index contributed by atoms with van der Waals surface area (Å²) in [7, 11) is 0. The molecule has 2 amide bonds. The van der Waals surface area contributed by atoms with Crippen LogP contribution in [0.2, 0.25) is 5.02 Å². The van der Waals surface area contributed by atoms with Gasteiger partial charge in [0.05, 0.1) is 23.4 Å². The average molecular weight is 510 g/mol. The first kappa shape index (κ1) is 22.3. The maximum atomic E-state index is 13.1. The standard InChI is InChI=1S/C21H18BrClN2O4S/c1-3-28-17-10-12(9-16(22)18(17)29-4-2)8-15-19(26)24-21(30)25(20(15)27)14-7-5-6-13(23)11-14/h5-11H,3-4H2,1-2H3,(H,24,26,30)/b15-8+. The molecular weight excluding hydrogens is 492 g/mol. The highest BCUT2D eigenvalue weighted by molar-refractivity contribution is 9.10. The molecule has 0 spiro atoms. The van der Waals surface area contributed by atoms with E-state index in [-0.39, 0.29) is 10.7 Å². The Bertz CT molecular complexity index is 1060. The molecule has 3 rings (SSSR count). The van der Waals surface area contributed by atoms with Crippen LogP contribution >= 0.6 is 39.7 Å². The average Bonchev–Trinajstić information content (AvgIpc) is 2.68. The van der Waals surface area contributed by atoms with Crippen LogP contribution in [0.5, 0.6) is 11.5 Å². The summed E-state index contributed by atoms with van der Waals surface area (Å²) in [5, 5.41) is 2.99. The van der Waals surface area contributed by atoms with Crippen molar-refractivity contribution in [2.24, 2.45) is 0 Å². The highest BCUT2D eigenvalue weighted by Gasteiger charge is 2.34. The molecule has 1 fully saturated rings. The summed E-state index contributed by atoms with van der Waals surface area (Å²) in [6, 6.07) is 10.1. The van der Waals surface area contributed by atoms with Crippen LogP contribution < -0.4 is 19.7 Å². The number of nitrogens with zero attached hydrogens (tertiary/aromatic N) is 1. The Hall–Kier alpha value is -2.42. The van der Waals surface area contributed by atoms with Gasteiger partial charge < -0.3 is 9.47 Å². The Balaban J connectivity index is 2.04. The van der Waals surface area contributed by atoms with Crippen LogP contribution in [-0.2, 0) is 9.59 Å². The molecule has 2 aromatic rings. The smallest absolute Gasteiger partial charge is 0.270 e. The van der Waals surface area contributed by atoms with E-state index in [1.165, 1.54) is 11.0 Å². The van der Waals surface area contributed by atoms with Gasteiger partial charge in [0, 0.05) is 5.02 Å². The molecule has 1 saturated heterocycles. The van der Waals surface area contributed by atoms with Crippen LogP contribution in [0.25, 0.3) is 6.08 Å². The monoisotopic (exact) mass is 508 g/mol. The van der Waals surface area contributed by atoms with E-state index in [1.54, 1.807) is 36.4 Å². The molecule has 0 atom stereocenters. The Labute approximate surface area is 192 Å². The van der Waals surface area contributed by atoms with Crippen molar-refractivity contribution in [3.63, 3.8) is 0 Å². The third-order valence-electron chi connectivity index (χ3n) is 4.10. The number of ether oxygens (including phenoxy) is 2. The van der Waals surface area contributed by atoms with Crippen molar-refractivity contribution in [2.75, 3.05) is 18.1 Å². The molecule has 156 valence electrons. The highest BCUT2D eigenvalue weighted by Crippen LogP contribution is 2.38. The van der Waals surface area contributed by atoms with Crippen LogP contribution in [0.4, 0.5) is 5.69 Å². The lowest BCUT2D eigenvalue weighted by Crippen LogP contribution is -2.54. The summed E-state index contributed by atoms with van der Waals surface area (Å²) >= 11 is 14.7. The Morgan fingerprint density at radius 3 is 2.57 bits per heavy atom. The normalized spacial score (nSPS) is 15.4. The molecule has 1 aliphatic rings. The van der Waals surface area contributed by atoms with Crippen molar-refractivity contribution < 1.29 is 19.1 Å². The van der Waals surface area contributed by atoms with Gasteiger partial charge in [-0.15, -0.1) is 0 Å². The van der Waals surface area contributed by atoms with Gasteiger partial charge >= 0.3 is 0 Å². The molecule has 0 aliphatic carbocycles. The first-order chi connectivity index (χ1) is 14.3. The van der Waals surface area contributed by atoms with Gasteiger partial charge in [0.15, 0.2) is 16.6 Å². The van der Waals surface area contributed by atoms with Crippen LogP contribution in [-0.4, -0.2) is 30.1 Å². The van der Waals surface area contributed by atoms with Gasteiger partial charge in [-0.1, -0.05) is 17.7 Å². The molecule has 0 radical (unpaired) electrons. The third kappa shape index (κ3) is 4.66. The first-order valence-corrected chi connectivity index (χ1v) is 10.7. The topological polar surface area (TPSA) is 67.9 Å². The van der Waals surface area contributed by atoms with E-state index in [9.17, 15) is 9.59 Å². The summed E-state index contributed by atoms with van der Waals surface area (Å²) in [5.41, 5.74) is 0.986. The van der Waals surface area contributed by atoms with E-state index in [4.69, 9.17) is 33.3 Å². The molecule has 0 bridgehead atoms. The second kappa shape index (κ2) is 9.59. The van der Waals surface area contributed by atoms with Crippen molar-refractivity contribution in [3.05, 3.63) is 57.0 Å². The summed E-state index contributed by atoms with van der Waals surface area (Å²) < 4.78 is 11.9. The van der Waals surface area contributed by atoms with Gasteiger partial charge in [0.2, 0.25) is 0 Å². The maximum absolute atomic E-state index is 13.1. The van der Waals surface area contributed by atoms with Crippen molar-refractivity contribution >= 4 is 68.4 Å². The van der Waals surface area contributed by atoms with E-state index in [2.05, 4.69) is 21.2 Å². The minimum absolute atomic E-state index is 0.00713. The fourth-order valence-corrected chi connectivity index (χ4v) is 3.93. The number of carbonyl (C=O) groups is 2. The second-order valence-corrected chi connectivity index (χ2v) is 7.81. The lowest BCUT2D eigenvalue weighted by Gasteiger charge is -2.29. The van der Waals surface area contributed by atoms with Crippen LogP contribution in [0, 0.1) is 0 Å². The lowest BCUT2D eigenvalue weighted by molar-refractivity contribution is -0.122. The van der Waals surface area contributed by atoms with E-state index >= 15 is 0 Å². The summed E-state index contributed by atoms with van der Waals surface area (Å²) in [6.07, 6.45) is 1.49. The fraction of sp³-hybridized carbons (Fsp3) is 0.190. The van der Waals surface area contributed by atoms with Crippen molar-refractivity contribution in [1.82, 2.24) is 5.32 Å². The summed E-state index contributed by atoms with van der Waals surface area (Å²) in [6.45, 7) is 4.63. The number of thiocarbonyl (C=S) groups is 1. The molecule has 6 nitrogen and oxygen atoms in total. The van der Waals surface area contributed by atoms with Crippen molar-refractivity contribution in [2.45, 2.75) is 13.8 Å². The van der Waals surface area contributed by atoms with E-state index in [1.807, 2.05) is 13.8 Å². The minimum Gasteiger partial charge on any atom is -0.490 e. The molecule has 0 aromatic heterocycles. The molecule has 0 unspecified atom stereocenters. The van der Waals surface area contributed by atoms with Gasteiger partial charge in [-0.3, -0.25) is 19.8 Å². The molecule has 9 heteroatoms. The van der Waals surface area contributed by atoms with Gasteiger partial charge in [-0.2, -0.15) is 0 Å². The number of hydrogen-bond acceptors (Lipinski definition) is 5. The molecule has 1 heterocycles. The van der Waals surface area contributed by atoms with Crippen molar-refractivity contribution in [1.29, 1.82) is 0 Å². The van der Waals surface area contributed by atoms with Crippen molar-refractivity contribution in [3.8, 4) is 11.5 Å². The lowest BCUT2D eigenvalue weighted by atomic mass is 10.1. The first-order valence-electron chi connectivity index (χ1n) is 9.11. The number of halogens is 2. The third-order valence-corrected chi connectivity index (χ3v) is 5.21. The molecular formula is C21H18BrClN2O4S. The van der Waals surface area contributed by atoms with E-state index in [0.29, 0.717) is 45.5 Å². The number of benzene rings is 2. The van der Waals surface area contributed by atoms with Crippen LogP contribution in [0.3, 0.4) is 0 Å². The molecule has 1 aliphatic heterocycles. The van der Waals surface area contributed by atoms with E-state index in [0.717, 1.165) is 0 Å². The number of carbonyl (C=O) groups excluding carboxylic acids is 2. The van der Waals surface area contributed by atoms with Crippen LogP contribution in [0.1, 0.15) is 19.4 Å². The van der Waals surface area contributed by atoms with Gasteiger partial charge in [-0.05, 0) is 84.0 Å². The largest absolute Gasteiger partial charge is 0.490 e. The Morgan fingerprint density at radius 1 is 1.17 bits per heavy atom. The predicted molar refractivity (Wildman–Crippen MR) is 124 cm³/mol.